The number of halogens is 4. The van der Waals surface area contributed by atoms with Crippen LogP contribution in [0.25, 0.3) is 11.1 Å². The Kier molecular flexibility index (Phi) is 13.8. The number of alkyl halides is 3. The summed E-state index contributed by atoms with van der Waals surface area (Å²) in [7, 11) is 63.1. The van der Waals surface area contributed by atoms with Gasteiger partial charge in [-0.2, -0.15) is 18.2 Å². The molecule has 1 aliphatic rings. The Hall–Kier alpha value is -3.31. The van der Waals surface area contributed by atoms with Crippen LogP contribution in [0, 0.1) is 5.82 Å². The maximum Gasteiger partial charge on any atom is 0.415 e. The molecule has 268 valence electrons. The molecule has 0 aliphatic heterocycles. The Bertz CT molecular complexity index is 2210. The minimum atomic E-state index is -4.99. The van der Waals surface area contributed by atoms with Crippen LogP contribution in [-0.4, -0.2) is 130 Å². The van der Waals surface area contributed by atoms with Crippen molar-refractivity contribution >= 4 is 140 Å². The number of aromatic nitrogens is 2. The molecule has 5 rings (SSSR count). The number of thioether (sulfide) groups is 1. The predicted molar refractivity (Wildman–Crippen MR) is 229 cm³/mol. The Morgan fingerprint density at radius 2 is 1.33 bits per heavy atom. The normalized spacial score (nSPS) is 13.0. The zero-order chi connectivity index (χ0) is 42.3. The highest BCUT2D eigenvalue weighted by Gasteiger charge is 2.36. The second-order valence-corrected chi connectivity index (χ2v) is 15.0. The lowest BCUT2D eigenvalue weighted by Crippen LogP contribution is -2.53. The van der Waals surface area contributed by atoms with Gasteiger partial charge in [-0.3, -0.25) is 9.59 Å². The highest BCUT2D eigenvalue weighted by molar-refractivity contribution is 8.02. The molecular formula is C36H28B10F4N4O2S. The van der Waals surface area contributed by atoms with Gasteiger partial charge in [-0.1, -0.05) is 81.4 Å². The van der Waals surface area contributed by atoms with Crippen molar-refractivity contribution in [3.63, 3.8) is 0 Å². The molecule has 0 saturated carbocycles. The van der Waals surface area contributed by atoms with Crippen molar-refractivity contribution < 1.29 is 22.4 Å². The molecule has 0 atom stereocenters. The maximum atomic E-state index is 14.5. The number of amides is 1. The largest absolute Gasteiger partial charge is 0.415 e. The maximum absolute atomic E-state index is 14.5. The van der Waals surface area contributed by atoms with Gasteiger partial charge in [0.15, 0.2) is 5.16 Å². The van der Waals surface area contributed by atoms with Crippen LogP contribution in [0.1, 0.15) is 48.2 Å². The number of likely N-dealkylation sites (N-methyl/N-ethyl adjacent to an activating group) is 1. The first kappa shape index (κ1) is 44.8. The number of carbonyl (C=O) groups is 1. The molecular weight excluding hydrogens is 737 g/mol. The Labute approximate surface area is 348 Å². The van der Waals surface area contributed by atoms with Crippen LogP contribution in [0.4, 0.5) is 17.6 Å². The lowest BCUT2D eigenvalue weighted by atomic mass is 9.58. The predicted octanol–water partition coefficient (Wildman–Crippen LogP) is -3.48. The Morgan fingerprint density at radius 3 is 1.84 bits per heavy atom. The van der Waals surface area contributed by atoms with Gasteiger partial charge in [-0.15, -0.1) is 0 Å². The number of rotatable bonds is 13. The van der Waals surface area contributed by atoms with E-state index in [1.54, 1.807) is 4.57 Å². The summed E-state index contributed by atoms with van der Waals surface area (Å²) in [5.74, 6) is -0.939. The number of benzene rings is 3. The van der Waals surface area contributed by atoms with E-state index in [0.717, 1.165) is 11.8 Å². The zero-order valence-corrected chi connectivity index (χ0v) is 32.3. The fraction of sp³-hybridized carbons (Fsp3) is 0.361. The number of fused-ring (bicyclic) bond motifs is 1. The van der Waals surface area contributed by atoms with Gasteiger partial charge in [-0.25, -0.2) is 4.39 Å². The van der Waals surface area contributed by atoms with Gasteiger partial charge in [0.1, 0.15) is 75.1 Å². The van der Waals surface area contributed by atoms with Crippen LogP contribution in [0.3, 0.4) is 0 Å². The molecule has 0 spiro atoms. The second-order valence-electron chi connectivity index (χ2n) is 13.7. The molecule has 1 aromatic heterocycles. The molecule has 1 heterocycles. The molecule has 0 N–H and O–H groups in total. The van der Waals surface area contributed by atoms with Crippen LogP contribution in [0.2, 0.25) is 0 Å². The lowest BCUT2D eigenvalue weighted by molar-refractivity contribution is -0.136. The van der Waals surface area contributed by atoms with Gasteiger partial charge in [0.05, 0.1) is 15.7 Å². The molecule has 57 heavy (non-hydrogen) atoms. The van der Waals surface area contributed by atoms with Crippen molar-refractivity contribution in [1.29, 1.82) is 0 Å². The molecule has 1 aliphatic carbocycles. The monoisotopic (exact) mass is 766 g/mol. The van der Waals surface area contributed by atoms with E-state index in [1.807, 2.05) is 13.8 Å². The van der Waals surface area contributed by atoms with Crippen LogP contribution >= 0.6 is 11.8 Å². The van der Waals surface area contributed by atoms with E-state index in [0.29, 0.717) is 55.7 Å². The molecule has 0 unspecified atom stereocenters. The number of hydrogen-bond acceptors (Lipinski definition) is 5. The smallest absolute Gasteiger partial charge is 0.336 e. The molecule has 20 radical (unpaired) electrons. The van der Waals surface area contributed by atoms with E-state index in [4.69, 9.17) is 78.5 Å². The SMILES string of the molecule is [B]c1c([B])c(-c2c([B])c([B])c(C(F)(F)F)c([B])c2[B])c([B])c([B])c1CN(CCN(CC)CC)C(=O)Cn1c(SC([B])([B])c2ccc(F)cc2)nc(=O)c2c1CCC2. The Morgan fingerprint density at radius 1 is 0.807 bits per heavy atom. The lowest BCUT2D eigenvalue weighted by Gasteiger charge is -2.32. The quantitative estimate of drug-likeness (QED) is 0.0614. The molecule has 3 aromatic carbocycles. The molecule has 1 amide bonds. The first-order valence-corrected chi connectivity index (χ1v) is 18.7. The van der Waals surface area contributed by atoms with Crippen molar-refractivity contribution in [2.24, 2.45) is 0 Å². The summed E-state index contributed by atoms with van der Waals surface area (Å²) in [5, 5.41) is 0.0779. The van der Waals surface area contributed by atoms with Gasteiger partial charge >= 0.3 is 6.18 Å². The highest BCUT2D eigenvalue weighted by atomic mass is 32.2. The summed E-state index contributed by atoms with van der Waals surface area (Å²) < 4.78 is 55.2. The van der Waals surface area contributed by atoms with Gasteiger partial charge in [-0.05, 0) is 71.3 Å². The molecule has 4 aromatic rings. The van der Waals surface area contributed by atoms with E-state index in [2.05, 4.69) is 9.88 Å². The van der Waals surface area contributed by atoms with Gasteiger partial charge < -0.3 is 14.4 Å². The van der Waals surface area contributed by atoms with Crippen molar-refractivity contribution in [3.8, 4) is 11.1 Å². The van der Waals surface area contributed by atoms with E-state index in [9.17, 15) is 27.2 Å². The van der Waals surface area contributed by atoms with Crippen LogP contribution < -0.4 is 49.3 Å². The molecule has 6 nitrogen and oxygen atoms in total. The fourth-order valence-electron chi connectivity index (χ4n) is 7.00. The minimum Gasteiger partial charge on any atom is -0.336 e. The van der Waals surface area contributed by atoms with E-state index < -0.39 is 55.4 Å². The van der Waals surface area contributed by atoms with Gasteiger partial charge in [0.25, 0.3) is 5.56 Å². The first-order chi connectivity index (χ1) is 26.6. The summed E-state index contributed by atoms with van der Waals surface area (Å²) in [6.45, 7) is 5.35. The topological polar surface area (TPSA) is 58.4 Å². The molecule has 0 bridgehead atoms. The van der Waals surface area contributed by atoms with E-state index >= 15 is 0 Å². The van der Waals surface area contributed by atoms with Crippen molar-refractivity contribution in [2.75, 3.05) is 26.2 Å². The van der Waals surface area contributed by atoms with Gasteiger partial charge in [0.2, 0.25) is 5.91 Å². The third kappa shape index (κ3) is 8.99. The third-order valence-corrected chi connectivity index (χ3v) is 11.4. The average molecular weight is 765 g/mol. The number of carbonyl (C=O) groups excluding carboxylic acids is 1. The summed E-state index contributed by atoms with van der Waals surface area (Å²) in [5.41, 5.74) is -4.53. The minimum absolute atomic E-state index is 0.0779. The van der Waals surface area contributed by atoms with E-state index in [-0.39, 0.29) is 63.3 Å². The summed E-state index contributed by atoms with van der Waals surface area (Å²) in [6, 6.07) is 5.24. The first-order valence-electron chi connectivity index (χ1n) is 17.9. The summed E-state index contributed by atoms with van der Waals surface area (Å²) in [4.78, 5) is 35.6. The third-order valence-electron chi connectivity index (χ3n) is 10.3. The standard InChI is InChI=1S/C36H28B10F4N4O2S/c1-3-52(4-2)12-13-53(14-19-25(37)27(39)22(28(40)26(19)38)23-29(41)31(43)24(36(48,49)50)32(44)30(23)42)21(55)15-54-20-7-5-6-18(20)33(56)51-34(54)57-35(45,46)16-8-10-17(47)11-9-16/h8-11H,3-7,12-15H2,1-2H3. The Balaban J connectivity index is 1.59. The average Bonchev–Trinajstić information content (AvgIpc) is 3.64. The van der Waals surface area contributed by atoms with E-state index in [1.165, 1.54) is 29.2 Å². The molecule has 0 saturated heterocycles. The van der Waals surface area contributed by atoms with Crippen molar-refractivity contribution in [2.45, 2.75) is 62.1 Å². The molecule has 0 fully saturated rings. The van der Waals surface area contributed by atoms with Crippen molar-refractivity contribution in [1.82, 2.24) is 19.4 Å². The second kappa shape index (κ2) is 17.5. The van der Waals surface area contributed by atoms with Crippen LogP contribution in [0.15, 0.2) is 34.2 Å². The fourth-order valence-corrected chi connectivity index (χ4v) is 7.96. The van der Waals surface area contributed by atoms with Crippen LogP contribution in [0.5, 0.6) is 0 Å². The zero-order valence-electron chi connectivity index (χ0n) is 31.5. The highest BCUT2D eigenvalue weighted by Crippen LogP contribution is 2.36. The number of nitrogens with zero attached hydrogens (tertiary/aromatic N) is 4. The number of hydrogen-bond donors (Lipinski definition) is 0. The van der Waals surface area contributed by atoms with Gasteiger partial charge in [0, 0.05) is 36.5 Å². The summed E-state index contributed by atoms with van der Waals surface area (Å²) >= 11 is 0.842. The van der Waals surface area contributed by atoms with Crippen molar-refractivity contribution in [3.05, 3.63) is 68.4 Å². The summed E-state index contributed by atoms with van der Waals surface area (Å²) in [6.07, 6.45) is -3.40. The van der Waals surface area contributed by atoms with Crippen LogP contribution in [-0.2, 0) is 41.4 Å². The molecule has 21 heteroatoms.